The second-order valence-electron chi connectivity index (χ2n) is 5.70. The number of halogens is 1. The number of carbonyl (C=O) groups excluding carboxylic acids is 1. The van der Waals surface area contributed by atoms with Crippen LogP contribution < -0.4 is 0 Å². The summed E-state index contributed by atoms with van der Waals surface area (Å²) >= 11 is 6.06. The highest BCUT2D eigenvalue weighted by Gasteiger charge is 2.40. The smallest absolute Gasteiger partial charge is 0.309 e. The van der Waals surface area contributed by atoms with E-state index >= 15 is 0 Å². The molecule has 1 aliphatic heterocycles. The molecular formula is C16H20ClNO3. The Morgan fingerprint density at radius 2 is 1.95 bits per heavy atom. The van der Waals surface area contributed by atoms with Gasteiger partial charge in [-0.05, 0) is 43.9 Å². The molecule has 0 bridgehead atoms. The van der Waals surface area contributed by atoms with E-state index in [0.29, 0.717) is 42.9 Å². The van der Waals surface area contributed by atoms with Crippen molar-refractivity contribution in [3.63, 3.8) is 0 Å². The Kier molecular flexibility index (Phi) is 4.57. The molecule has 2 rings (SSSR count). The summed E-state index contributed by atoms with van der Waals surface area (Å²) in [6, 6.07) is 5.27. The van der Waals surface area contributed by atoms with Crippen molar-refractivity contribution in [2.45, 2.75) is 33.1 Å². The van der Waals surface area contributed by atoms with Crippen LogP contribution in [0.15, 0.2) is 18.2 Å². The van der Waals surface area contributed by atoms with Gasteiger partial charge in [0.1, 0.15) is 0 Å². The highest BCUT2D eigenvalue weighted by molar-refractivity contribution is 6.31. The molecule has 1 N–H and O–H groups in total. The lowest BCUT2D eigenvalue weighted by Gasteiger charge is -2.38. The van der Waals surface area contributed by atoms with Crippen molar-refractivity contribution in [1.82, 2.24) is 4.90 Å². The van der Waals surface area contributed by atoms with E-state index in [1.807, 2.05) is 19.9 Å². The lowest BCUT2D eigenvalue weighted by atomic mass is 9.76. The molecule has 1 aromatic carbocycles. The van der Waals surface area contributed by atoms with Crippen LogP contribution in [0.2, 0.25) is 5.02 Å². The Morgan fingerprint density at radius 1 is 1.33 bits per heavy atom. The Balaban J connectivity index is 2.09. The maximum absolute atomic E-state index is 12.5. The lowest BCUT2D eigenvalue weighted by Crippen LogP contribution is -2.46. The summed E-state index contributed by atoms with van der Waals surface area (Å²) in [6.07, 6.45) is 1.61. The number of hydrogen-bond donors (Lipinski definition) is 1. The number of carboxylic acid groups (broad SMARTS) is 1. The summed E-state index contributed by atoms with van der Waals surface area (Å²) in [5.41, 5.74) is 0.814. The zero-order valence-electron chi connectivity index (χ0n) is 12.4. The predicted molar refractivity (Wildman–Crippen MR) is 81.7 cm³/mol. The Bertz CT molecular complexity index is 563. The molecular weight excluding hydrogens is 290 g/mol. The van der Waals surface area contributed by atoms with Crippen molar-refractivity contribution in [3.8, 4) is 0 Å². The SMILES string of the molecule is CCC1(C(=O)O)CCN(C(=O)c2ccc(C)c(Cl)c2)CC1. The minimum atomic E-state index is -0.754. The fourth-order valence-electron chi connectivity index (χ4n) is 2.76. The number of nitrogens with zero attached hydrogens (tertiary/aromatic N) is 1. The van der Waals surface area contributed by atoms with Crippen LogP contribution in [0.5, 0.6) is 0 Å². The molecule has 0 aromatic heterocycles. The molecule has 1 saturated heterocycles. The van der Waals surface area contributed by atoms with Crippen molar-refractivity contribution in [1.29, 1.82) is 0 Å². The molecule has 4 nitrogen and oxygen atoms in total. The molecule has 0 unspecified atom stereocenters. The number of hydrogen-bond acceptors (Lipinski definition) is 2. The van der Waals surface area contributed by atoms with Gasteiger partial charge in [0.25, 0.3) is 5.91 Å². The zero-order valence-corrected chi connectivity index (χ0v) is 13.1. The molecule has 1 amide bonds. The van der Waals surface area contributed by atoms with Crippen LogP contribution in [0.1, 0.15) is 42.1 Å². The second-order valence-corrected chi connectivity index (χ2v) is 6.10. The molecule has 0 radical (unpaired) electrons. The third kappa shape index (κ3) is 3.05. The number of aryl methyl sites for hydroxylation is 1. The summed E-state index contributed by atoms with van der Waals surface area (Å²) in [4.78, 5) is 25.6. The topological polar surface area (TPSA) is 57.6 Å². The molecule has 1 heterocycles. The number of amides is 1. The van der Waals surface area contributed by atoms with Crippen molar-refractivity contribution >= 4 is 23.5 Å². The van der Waals surface area contributed by atoms with Crippen LogP contribution in [-0.4, -0.2) is 35.0 Å². The van der Waals surface area contributed by atoms with E-state index in [1.165, 1.54) is 0 Å². The van der Waals surface area contributed by atoms with Gasteiger partial charge in [0.15, 0.2) is 0 Å². The van der Waals surface area contributed by atoms with E-state index < -0.39 is 11.4 Å². The first kappa shape index (κ1) is 15.8. The first-order chi connectivity index (χ1) is 9.89. The maximum atomic E-state index is 12.5. The average Bonchev–Trinajstić information content (AvgIpc) is 2.49. The van der Waals surface area contributed by atoms with Crippen LogP contribution in [0.3, 0.4) is 0 Å². The third-order valence-corrected chi connectivity index (χ3v) is 4.96. The van der Waals surface area contributed by atoms with Gasteiger partial charge in [-0.2, -0.15) is 0 Å². The fraction of sp³-hybridized carbons (Fsp3) is 0.500. The highest BCUT2D eigenvalue weighted by atomic mass is 35.5. The van der Waals surface area contributed by atoms with E-state index in [1.54, 1.807) is 17.0 Å². The van der Waals surface area contributed by atoms with Crippen molar-refractivity contribution in [2.75, 3.05) is 13.1 Å². The van der Waals surface area contributed by atoms with Gasteiger partial charge in [-0.25, -0.2) is 0 Å². The third-order valence-electron chi connectivity index (χ3n) is 4.56. The minimum absolute atomic E-state index is 0.0769. The summed E-state index contributed by atoms with van der Waals surface area (Å²) in [5.74, 6) is -0.831. The van der Waals surface area contributed by atoms with Gasteiger partial charge in [-0.15, -0.1) is 0 Å². The average molecular weight is 310 g/mol. The van der Waals surface area contributed by atoms with Crippen LogP contribution in [0, 0.1) is 12.3 Å². The first-order valence-electron chi connectivity index (χ1n) is 7.18. The Morgan fingerprint density at radius 3 is 2.43 bits per heavy atom. The van der Waals surface area contributed by atoms with Gasteiger partial charge in [0, 0.05) is 23.7 Å². The van der Waals surface area contributed by atoms with Crippen molar-refractivity contribution < 1.29 is 14.7 Å². The molecule has 0 aliphatic carbocycles. The first-order valence-corrected chi connectivity index (χ1v) is 7.56. The normalized spacial score (nSPS) is 17.6. The van der Waals surface area contributed by atoms with E-state index in [9.17, 15) is 14.7 Å². The van der Waals surface area contributed by atoms with Gasteiger partial charge in [0.05, 0.1) is 5.41 Å². The van der Waals surface area contributed by atoms with E-state index in [2.05, 4.69) is 0 Å². The van der Waals surface area contributed by atoms with Crippen LogP contribution in [0.25, 0.3) is 0 Å². The molecule has 5 heteroatoms. The molecule has 114 valence electrons. The Hall–Kier alpha value is -1.55. The number of carbonyl (C=O) groups is 2. The minimum Gasteiger partial charge on any atom is -0.481 e. The fourth-order valence-corrected chi connectivity index (χ4v) is 2.95. The molecule has 0 saturated carbocycles. The molecule has 1 fully saturated rings. The van der Waals surface area contributed by atoms with Gasteiger partial charge in [-0.3, -0.25) is 9.59 Å². The maximum Gasteiger partial charge on any atom is 0.309 e. The van der Waals surface area contributed by atoms with Gasteiger partial charge < -0.3 is 10.0 Å². The second kappa shape index (κ2) is 6.06. The predicted octanol–water partition coefficient (Wildman–Crippen LogP) is 3.37. The zero-order chi connectivity index (χ0) is 15.6. The number of likely N-dealkylation sites (tertiary alicyclic amines) is 1. The Labute approximate surface area is 129 Å². The van der Waals surface area contributed by atoms with E-state index in [0.717, 1.165) is 5.56 Å². The standard InChI is InChI=1S/C16H20ClNO3/c1-3-16(15(20)21)6-8-18(9-7-16)14(19)12-5-4-11(2)13(17)10-12/h4-5,10H,3,6-9H2,1-2H3,(H,20,21). The largest absolute Gasteiger partial charge is 0.481 e. The molecule has 21 heavy (non-hydrogen) atoms. The summed E-state index contributed by atoms with van der Waals surface area (Å²) < 4.78 is 0. The molecule has 1 aliphatic rings. The van der Waals surface area contributed by atoms with E-state index in [-0.39, 0.29) is 5.91 Å². The summed E-state index contributed by atoms with van der Waals surface area (Å²) in [6.45, 7) is 4.74. The van der Waals surface area contributed by atoms with Crippen LogP contribution in [0.4, 0.5) is 0 Å². The van der Waals surface area contributed by atoms with Gasteiger partial charge >= 0.3 is 5.97 Å². The summed E-state index contributed by atoms with van der Waals surface area (Å²) in [5, 5.41) is 9.95. The number of piperidine rings is 1. The molecule has 1 aromatic rings. The van der Waals surface area contributed by atoms with Crippen molar-refractivity contribution in [3.05, 3.63) is 34.3 Å². The molecule has 0 spiro atoms. The van der Waals surface area contributed by atoms with E-state index in [4.69, 9.17) is 11.6 Å². The number of carboxylic acids is 1. The van der Waals surface area contributed by atoms with Crippen molar-refractivity contribution in [2.24, 2.45) is 5.41 Å². The van der Waals surface area contributed by atoms with Crippen LogP contribution in [-0.2, 0) is 4.79 Å². The highest BCUT2D eigenvalue weighted by Crippen LogP contribution is 2.35. The number of aliphatic carboxylic acids is 1. The van der Waals surface area contributed by atoms with Gasteiger partial charge in [-0.1, -0.05) is 24.6 Å². The monoisotopic (exact) mass is 309 g/mol. The van der Waals surface area contributed by atoms with Crippen LogP contribution >= 0.6 is 11.6 Å². The molecule has 0 atom stereocenters. The quantitative estimate of drug-likeness (QED) is 0.931. The summed E-state index contributed by atoms with van der Waals surface area (Å²) in [7, 11) is 0. The van der Waals surface area contributed by atoms with Gasteiger partial charge in [0.2, 0.25) is 0 Å². The number of rotatable bonds is 3. The lowest BCUT2D eigenvalue weighted by molar-refractivity contribution is -0.152. The number of benzene rings is 1.